The lowest BCUT2D eigenvalue weighted by atomic mass is 9.91. The zero-order chi connectivity index (χ0) is 43.3. The number of carbonyl (C=O) groups excluding carboxylic acids is 5. The van der Waals surface area contributed by atoms with Gasteiger partial charge in [-0.25, -0.2) is 32.8 Å². The van der Waals surface area contributed by atoms with Crippen LogP contribution >= 0.6 is 0 Å². The number of hydrogen-bond donors (Lipinski definition) is 1. The zero-order valence-corrected chi connectivity index (χ0v) is 34.1. The lowest BCUT2D eigenvalue weighted by Crippen LogP contribution is -2.45. The molecule has 1 N–H and O–H groups in total. The molecule has 58 heavy (non-hydrogen) atoms. The van der Waals surface area contributed by atoms with Crippen LogP contribution in [0.2, 0.25) is 0 Å². The number of hydrogen-bond acceptors (Lipinski definition) is 13. The molecule has 2 unspecified atom stereocenters. The first-order valence-corrected chi connectivity index (χ1v) is 19.3. The van der Waals surface area contributed by atoms with Gasteiger partial charge >= 0.3 is 29.8 Å². The summed E-state index contributed by atoms with van der Waals surface area (Å²) in [5.41, 5.74) is -0.668. The molecule has 2 rings (SSSR count). The molecule has 2 aromatic carbocycles. The van der Waals surface area contributed by atoms with Gasteiger partial charge in [0.1, 0.15) is 49.2 Å². The van der Waals surface area contributed by atoms with E-state index in [4.69, 9.17) is 33.2 Å². The van der Waals surface area contributed by atoms with E-state index in [1.165, 1.54) is 58.0 Å². The minimum atomic E-state index is -1.98. The first-order chi connectivity index (χ1) is 27.6. The van der Waals surface area contributed by atoms with Gasteiger partial charge in [-0.2, -0.15) is 0 Å². The van der Waals surface area contributed by atoms with Gasteiger partial charge in [0.15, 0.2) is 0 Å². The van der Waals surface area contributed by atoms with E-state index in [1.54, 1.807) is 0 Å². The van der Waals surface area contributed by atoms with E-state index in [-0.39, 0.29) is 60.7 Å². The van der Waals surface area contributed by atoms with Crippen LogP contribution in [0.15, 0.2) is 54.6 Å². The maximum atomic E-state index is 15.6. The first-order valence-electron chi connectivity index (χ1n) is 19.3. The van der Waals surface area contributed by atoms with Crippen LogP contribution in [0.25, 0.3) is 11.1 Å². The number of benzene rings is 2. The summed E-state index contributed by atoms with van der Waals surface area (Å²) in [6.07, 6.45) is 3.92. The highest BCUT2D eigenvalue weighted by atomic mass is 19.1. The van der Waals surface area contributed by atoms with E-state index in [1.807, 2.05) is 0 Å². The van der Waals surface area contributed by atoms with Gasteiger partial charge in [-0.05, 0) is 94.3 Å². The Labute approximate surface area is 338 Å². The van der Waals surface area contributed by atoms with Gasteiger partial charge in [-0.15, -0.1) is 0 Å². The first kappa shape index (κ1) is 49.0. The molecule has 0 heterocycles. The second-order valence-corrected chi connectivity index (χ2v) is 13.8. The summed E-state index contributed by atoms with van der Waals surface area (Å²) in [5.74, 6) is -6.77. The molecule has 0 aromatic heterocycles. The number of aryl methyl sites for hydroxylation is 2. The second-order valence-electron chi connectivity index (χ2n) is 13.8. The van der Waals surface area contributed by atoms with E-state index < -0.39 is 79.6 Å². The third-order valence-corrected chi connectivity index (χ3v) is 8.58. The lowest BCUT2D eigenvalue weighted by Gasteiger charge is -2.32. The van der Waals surface area contributed by atoms with Gasteiger partial charge < -0.3 is 38.3 Å². The smallest absolute Gasteiger partial charge is 0.417 e. The van der Waals surface area contributed by atoms with Gasteiger partial charge in [0.25, 0.3) is 6.29 Å². The Morgan fingerprint density at radius 3 is 1.88 bits per heavy atom. The second kappa shape index (κ2) is 25.3. The molecule has 0 fully saturated rings. The molecule has 320 valence electrons. The molecule has 0 spiro atoms. The van der Waals surface area contributed by atoms with Crippen molar-refractivity contribution in [3.8, 4) is 16.9 Å². The third kappa shape index (κ3) is 16.4. The van der Waals surface area contributed by atoms with Crippen molar-refractivity contribution in [2.75, 3.05) is 46.2 Å². The fourth-order valence-electron chi connectivity index (χ4n) is 5.41. The molecule has 0 aliphatic rings. The predicted octanol–water partition coefficient (Wildman–Crippen LogP) is 6.69. The molecule has 0 saturated carbocycles. The van der Waals surface area contributed by atoms with Gasteiger partial charge in [0.2, 0.25) is 0 Å². The van der Waals surface area contributed by atoms with E-state index in [2.05, 4.69) is 20.1 Å². The molecule has 13 nitrogen and oxygen atoms in total. The van der Waals surface area contributed by atoms with Crippen molar-refractivity contribution in [2.24, 2.45) is 5.41 Å². The van der Waals surface area contributed by atoms with E-state index in [9.17, 15) is 29.1 Å². The average molecular weight is 819 g/mol. The van der Waals surface area contributed by atoms with Crippen LogP contribution < -0.4 is 4.74 Å². The summed E-state index contributed by atoms with van der Waals surface area (Å²) >= 11 is 0. The molecule has 2 atom stereocenters. The van der Waals surface area contributed by atoms with Crippen molar-refractivity contribution >= 4 is 29.8 Å². The van der Waals surface area contributed by atoms with Crippen molar-refractivity contribution in [1.29, 1.82) is 0 Å². The molecular formula is C43H56F2O13. The maximum absolute atomic E-state index is 15.6. The number of ether oxygens (including phenoxy) is 7. The lowest BCUT2D eigenvalue weighted by molar-refractivity contribution is -0.190. The number of halogens is 2. The molecule has 0 amide bonds. The van der Waals surface area contributed by atoms with Crippen LogP contribution in [-0.4, -0.2) is 87.5 Å². The van der Waals surface area contributed by atoms with Gasteiger partial charge in [-0.1, -0.05) is 51.8 Å². The van der Waals surface area contributed by atoms with E-state index >= 15 is 8.78 Å². The monoisotopic (exact) mass is 818 g/mol. The summed E-state index contributed by atoms with van der Waals surface area (Å²) < 4.78 is 68.2. The Morgan fingerprint density at radius 2 is 1.28 bits per heavy atom. The van der Waals surface area contributed by atoms with Crippen LogP contribution in [0.4, 0.5) is 8.78 Å². The van der Waals surface area contributed by atoms with E-state index in [0.717, 1.165) is 32.1 Å². The average Bonchev–Trinajstić information content (AvgIpc) is 3.18. The van der Waals surface area contributed by atoms with Crippen LogP contribution in [0.1, 0.15) is 84.3 Å². The van der Waals surface area contributed by atoms with Gasteiger partial charge in [0, 0.05) is 17.8 Å². The molecule has 0 saturated heterocycles. The highest BCUT2D eigenvalue weighted by molar-refractivity contribution is 6.29. The Morgan fingerprint density at radius 1 is 0.690 bits per heavy atom. The number of esters is 5. The Hall–Kier alpha value is -5.15. The highest BCUT2D eigenvalue weighted by Crippen LogP contribution is 2.34. The van der Waals surface area contributed by atoms with Gasteiger partial charge in [-0.3, -0.25) is 0 Å². The molecule has 0 radical (unpaired) electrons. The highest BCUT2D eigenvalue weighted by Gasteiger charge is 2.39. The summed E-state index contributed by atoms with van der Waals surface area (Å²) in [4.78, 5) is 61.8. The summed E-state index contributed by atoms with van der Waals surface area (Å²) in [5, 5.41) is 10.0. The van der Waals surface area contributed by atoms with Crippen molar-refractivity contribution in [3.63, 3.8) is 0 Å². The molecule has 0 bridgehead atoms. The summed E-state index contributed by atoms with van der Waals surface area (Å²) in [6, 6.07) is 7.05. The molecule has 0 aliphatic heterocycles. The number of rotatable bonds is 26. The predicted molar refractivity (Wildman–Crippen MR) is 208 cm³/mol. The van der Waals surface area contributed by atoms with Crippen molar-refractivity contribution in [1.82, 2.24) is 0 Å². The Bertz CT molecular complexity index is 1720. The fraction of sp³-hybridized carbons (Fsp3) is 0.512. The summed E-state index contributed by atoms with van der Waals surface area (Å²) in [6.45, 7) is 12.3. The molecule has 15 heteroatoms. The van der Waals surface area contributed by atoms with Crippen LogP contribution in [0, 0.1) is 17.0 Å². The third-order valence-electron chi connectivity index (χ3n) is 8.58. The molecule has 0 aliphatic carbocycles. The number of aliphatic hydroxyl groups excluding tert-OH is 1. The normalized spacial score (nSPS) is 12.4. The largest absolute Gasteiger partial charge is 0.492 e. The van der Waals surface area contributed by atoms with Crippen LogP contribution in [-0.2, 0) is 65.2 Å². The minimum absolute atomic E-state index is 0.00629. The topological polar surface area (TPSA) is 170 Å². The van der Waals surface area contributed by atoms with Crippen LogP contribution in [0.3, 0.4) is 0 Å². The SMILES string of the molecule is C=C(C)C(=O)OCCCc1cc(-c2c(F)cc(CCCCCCC)cc2F)ccc1OCC(COC(=O)C(=C)C)(COC(=O)C(=O)OCC)COC(=O)C(O)OCC. The van der Waals surface area contributed by atoms with Crippen molar-refractivity contribution in [3.05, 3.63) is 77.4 Å². The molecular weight excluding hydrogens is 762 g/mol. The number of unbranched alkanes of at least 4 members (excludes halogenated alkanes) is 4. The number of carbonyl (C=O) groups is 5. The molecule has 2 aromatic rings. The van der Waals surface area contributed by atoms with Crippen molar-refractivity contribution < 1.29 is 71.0 Å². The summed E-state index contributed by atoms with van der Waals surface area (Å²) in [7, 11) is 0. The van der Waals surface area contributed by atoms with Gasteiger partial charge in [0.05, 0.1) is 18.8 Å². The Balaban J connectivity index is 2.58. The Kier molecular flexibility index (Phi) is 21.3. The van der Waals surface area contributed by atoms with E-state index in [0.29, 0.717) is 17.5 Å². The van der Waals surface area contributed by atoms with Crippen molar-refractivity contribution in [2.45, 2.75) is 92.3 Å². The fourth-order valence-corrected chi connectivity index (χ4v) is 5.41. The standard InChI is InChI=1S/C43H56F2O13/c1-8-11-12-13-14-16-30-21-33(44)36(34(45)22-30)32-18-19-35(31(23-32)17-15-20-54-37(46)28(4)5)55-24-43(25-56-38(47)29(6)7,26-57-41(50)39(48)52-9-2)27-58-42(51)40(49)53-10-3/h18-19,21-23,39,48H,4,6,8-17,20,24-27H2,1-3,5,7H3. The quantitative estimate of drug-likeness (QED) is 0.0266. The maximum Gasteiger partial charge on any atom is 0.417 e. The number of aliphatic hydroxyl groups is 1. The zero-order valence-electron chi connectivity index (χ0n) is 34.1. The minimum Gasteiger partial charge on any atom is -0.492 e. The van der Waals surface area contributed by atoms with Crippen LogP contribution in [0.5, 0.6) is 5.75 Å².